The van der Waals surface area contributed by atoms with Crippen LogP contribution in [-0.4, -0.2) is 29.7 Å². The van der Waals surface area contributed by atoms with Gasteiger partial charge in [-0.3, -0.25) is 4.90 Å². The van der Waals surface area contributed by atoms with Crippen LogP contribution in [-0.2, 0) is 6.54 Å². The predicted octanol–water partition coefficient (Wildman–Crippen LogP) is 2.26. The Morgan fingerprint density at radius 1 is 1.32 bits per heavy atom. The topological polar surface area (TPSA) is 23.5 Å². The molecular formula is C16H20FNO. The SMILES string of the molecule is CC1CN(Cc2ccc(F)c(C#CCO)c2)CC1C. The van der Waals surface area contributed by atoms with Crippen LogP contribution in [0.15, 0.2) is 18.2 Å². The lowest BCUT2D eigenvalue weighted by Crippen LogP contribution is -2.20. The molecule has 0 bridgehead atoms. The van der Waals surface area contributed by atoms with Gasteiger partial charge in [-0.2, -0.15) is 0 Å². The first kappa shape index (κ1) is 14.0. The molecule has 0 amide bonds. The molecule has 1 aromatic rings. The van der Waals surface area contributed by atoms with Gasteiger partial charge < -0.3 is 5.11 Å². The molecule has 2 atom stereocenters. The van der Waals surface area contributed by atoms with Crippen molar-refractivity contribution in [3.8, 4) is 11.8 Å². The number of benzene rings is 1. The van der Waals surface area contributed by atoms with E-state index in [2.05, 4.69) is 30.6 Å². The Bertz CT molecular complexity index is 493. The molecule has 0 aromatic heterocycles. The molecule has 1 saturated heterocycles. The van der Waals surface area contributed by atoms with Gasteiger partial charge in [-0.25, -0.2) is 4.39 Å². The molecular weight excluding hydrogens is 241 g/mol. The van der Waals surface area contributed by atoms with Gasteiger partial charge in [0, 0.05) is 19.6 Å². The van der Waals surface area contributed by atoms with Crippen molar-refractivity contribution in [1.82, 2.24) is 4.90 Å². The maximum Gasteiger partial charge on any atom is 0.138 e. The van der Waals surface area contributed by atoms with Crippen LogP contribution in [0.5, 0.6) is 0 Å². The first-order valence-electron chi connectivity index (χ1n) is 6.70. The van der Waals surface area contributed by atoms with E-state index in [-0.39, 0.29) is 12.4 Å². The summed E-state index contributed by atoms with van der Waals surface area (Å²) in [5.74, 6) is 6.25. The number of aliphatic hydroxyl groups excluding tert-OH is 1. The highest BCUT2D eigenvalue weighted by Crippen LogP contribution is 2.24. The maximum atomic E-state index is 13.5. The van der Waals surface area contributed by atoms with E-state index in [1.807, 2.05) is 6.07 Å². The first-order chi connectivity index (χ1) is 9.10. The molecule has 2 unspecified atom stereocenters. The number of nitrogens with zero attached hydrogens (tertiary/aromatic N) is 1. The van der Waals surface area contributed by atoms with Gasteiger partial charge in [0.1, 0.15) is 12.4 Å². The smallest absolute Gasteiger partial charge is 0.138 e. The van der Waals surface area contributed by atoms with E-state index in [1.165, 1.54) is 6.07 Å². The predicted molar refractivity (Wildman–Crippen MR) is 74.0 cm³/mol. The molecule has 19 heavy (non-hydrogen) atoms. The standard InChI is InChI=1S/C16H20FNO/c1-12-9-18(10-13(12)2)11-14-5-6-16(17)15(8-14)4-3-7-19/h5-6,8,12-13,19H,7,9-11H2,1-2H3. The molecule has 1 aliphatic heterocycles. The second kappa shape index (κ2) is 6.18. The quantitative estimate of drug-likeness (QED) is 0.825. The van der Waals surface area contributed by atoms with Gasteiger partial charge >= 0.3 is 0 Å². The number of hydrogen-bond donors (Lipinski definition) is 1. The van der Waals surface area contributed by atoms with Crippen molar-refractivity contribution in [3.63, 3.8) is 0 Å². The highest BCUT2D eigenvalue weighted by atomic mass is 19.1. The summed E-state index contributed by atoms with van der Waals surface area (Å²) in [6.45, 7) is 7.32. The first-order valence-corrected chi connectivity index (χ1v) is 6.70. The minimum absolute atomic E-state index is 0.245. The van der Waals surface area contributed by atoms with E-state index in [4.69, 9.17) is 5.11 Å². The highest BCUT2D eigenvalue weighted by Gasteiger charge is 2.25. The summed E-state index contributed by atoms with van der Waals surface area (Å²) in [5.41, 5.74) is 1.44. The zero-order valence-electron chi connectivity index (χ0n) is 11.5. The molecule has 1 heterocycles. The number of aliphatic hydroxyl groups is 1. The molecule has 0 radical (unpaired) electrons. The zero-order valence-corrected chi connectivity index (χ0v) is 11.5. The third-order valence-corrected chi connectivity index (χ3v) is 3.80. The Balaban J connectivity index is 2.09. The number of hydrogen-bond acceptors (Lipinski definition) is 2. The lowest BCUT2D eigenvalue weighted by molar-refractivity contribution is 0.316. The third-order valence-electron chi connectivity index (χ3n) is 3.80. The summed E-state index contributed by atoms with van der Waals surface area (Å²) in [6, 6.07) is 5.05. The Hall–Kier alpha value is -1.37. The highest BCUT2D eigenvalue weighted by molar-refractivity contribution is 5.38. The Morgan fingerprint density at radius 3 is 2.63 bits per heavy atom. The molecule has 1 aromatic carbocycles. The number of halogens is 1. The van der Waals surface area contributed by atoms with Crippen LogP contribution < -0.4 is 0 Å². The molecule has 1 N–H and O–H groups in total. The van der Waals surface area contributed by atoms with Gasteiger partial charge in [0.15, 0.2) is 0 Å². The van der Waals surface area contributed by atoms with Crippen LogP contribution in [0.2, 0.25) is 0 Å². The summed E-state index contributed by atoms with van der Waals surface area (Å²) in [5, 5.41) is 8.67. The van der Waals surface area contributed by atoms with Crippen molar-refractivity contribution in [3.05, 3.63) is 35.1 Å². The zero-order chi connectivity index (χ0) is 13.8. The fourth-order valence-electron chi connectivity index (χ4n) is 2.54. The Morgan fingerprint density at radius 2 is 2.00 bits per heavy atom. The molecule has 1 fully saturated rings. The Kier molecular flexibility index (Phi) is 4.57. The minimum atomic E-state index is -0.326. The van der Waals surface area contributed by atoms with Crippen LogP contribution in [0, 0.1) is 29.5 Å². The second-order valence-electron chi connectivity index (χ2n) is 5.42. The normalized spacial score (nSPS) is 23.2. The van der Waals surface area contributed by atoms with Crippen LogP contribution >= 0.6 is 0 Å². The van der Waals surface area contributed by atoms with Crippen molar-refractivity contribution in [2.24, 2.45) is 11.8 Å². The maximum absolute atomic E-state index is 13.5. The van der Waals surface area contributed by atoms with Gasteiger partial charge in [-0.05, 0) is 29.5 Å². The van der Waals surface area contributed by atoms with E-state index >= 15 is 0 Å². The monoisotopic (exact) mass is 261 g/mol. The summed E-state index contributed by atoms with van der Waals surface area (Å²) in [4.78, 5) is 2.39. The summed E-state index contributed by atoms with van der Waals surface area (Å²) in [6.07, 6.45) is 0. The average molecular weight is 261 g/mol. The van der Waals surface area contributed by atoms with Crippen molar-refractivity contribution in [2.75, 3.05) is 19.7 Å². The number of likely N-dealkylation sites (tertiary alicyclic amines) is 1. The molecule has 3 heteroatoms. The van der Waals surface area contributed by atoms with Crippen LogP contribution in [0.3, 0.4) is 0 Å². The lowest BCUT2D eigenvalue weighted by atomic mass is 10.0. The van der Waals surface area contributed by atoms with Crippen molar-refractivity contribution >= 4 is 0 Å². The molecule has 0 spiro atoms. The second-order valence-corrected chi connectivity index (χ2v) is 5.42. The van der Waals surface area contributed by atoms with Gasteiger partial charge in [0.2, 0.25) is 0 Å². The van der Waals surface area contributed by atoms with Gasteiger partial charge in [-0.1, -0.05) is 31.8 Å². The van der Waals surface area contributed by atoms with E-state index in [0.29, 0.717) is 17.4 Å². The van der Waals surface area contributed by atoms with E-state index in [1.54, 1.807) is 6.07 Å². The van der Waals surface area contributed by atoms with E-state index in [9.17, 15) is 4.39 Å². The molecule has 0 aliphatic carbocycles. The molecule has 2 nitrogen and oxygen atoms in total. The molecule has 102 valence electrons. The molecule has 1 aliphatic rings. The minimum Gasteiger partial charge on any atom is -0.384 e. The molecule has 0 saturated carbocycles. The van der Waals surface area contributed by atoms with Crippen LogP contribution in [0.25, 0.3) is 0 Å². The fraction of sp³-hybridized carbons (Fsp3) is 0.500. The lowest BCUT2D eigenvalue weighted by Gasteiger charge is -2.15. The van der Waals surface area contributed by atoms with Crippen molar-refractivity contribution < 1.29 is 9.50 Å². The summed E-state index contributed by atoms with van der Waals surface area (Å²) < 4.78 is 13.5. The van der Waals surface area contributed by atoms with E-state index in [0.717, 1.165) is 25.2 Å². The van der Waals surface area contributed by atoms with Crippen LogP contribution in [0.4, 0.5) is 4.39 Å². The average Bonchev–Trinajstić information content (AvgIpc) is 2.69. The fourth-order valence-corrected chi connectivity index (χ4v) is 2.54. The third kappa shape index (κ3) is 3.56. The van der Waals surface area contributed by atoms with Crippen molar-refractivity contribution in [1.29, 1.82) is 0 Å². The van der Waals surface area contributed by atoms with Gasteiger partial charge in [0.25, 0.3) is 0 Å². The summed E-state index contributed by atoms with van der Waals surface area (Å²) in [7, 11) is 0. The van der Waals surface area contributed by atoms with E-state index < -0.39 is 0 Å². The van der Waals surface area contributed by atoms with Crippen LogP contribution in [0.1, 0.15) is 25.0 Å². The largest absolute Gasteiger partial charge is 0.384 e. The van der Waals surface area contributed by atoms with Gasteiger partial charge in [0.05, 0.1) is 5.56 Å². The molecule has 2 rings (SSSR count). The van der Waals surface area contributed by atoms with Crippen molar-refractivity contribution in [2.45, 2.75) is 20.4 Å². The summed E-state index contributed by atoms with van der Waals surface area (Å²) >= 11 is 0. The van der Waals surface area contributed by atoms with Gasteiger partial charge in [-0.15, -0.1) is 0 Å². The Labute approximate surface area is 114 Å². The number of rotatable bonds is 2.